The average molecular weight is 465 g/mol. The van der Waals surface area contributed by atoms with Crippen molar-refractivity contribution in [3.8, 4) is 0 Å². The minimum absolute atomic E-state index is 0.727. The Kier molecular flexibility index (Phi) is 22.3. The molecule has 0 heterocycles. The molecular formula is C25H53BrP+. The van der Waals surface area contributed by atoms with Crippen LogP contribution in [0.25, 0.3) is 0 Å². The minimum Gasteiger partial charge on any atom is -0.0654 e. The normalized spacial score (nSPS) is 12.0. The molecule has 0 N–H and O–H groups in total. The van der Waals surface area contributed by atoms with Crippen molar-refractivity contribution in [3.05, 3.63) is 0 Å². The SMILES string of the molecule is CCCCCCCC[P+](CBr)(CCCCCCCC)CCCCCCCC. The Labute approximate surface area is 182 Å². The third-order valence-electron chi connectivity index (χ3n) is 6.21. The summed E-state index contributed by atoms with van der Waals surface area (Å²) in [6, 6.07) is 0. The van der Waals surface area contributed by atoms with Crippen LogP contribution in [0.4, 0.5) is 0 Å². The smallest absolute Gasteiger partial charge is 0.0654 e. The molecule has 0 saturated carbocycles. The fraction of sp³-hybridized carbons (Fsp3) is 1.00. The Morgan fingerprint density at radius 3 is 0.926 bits per heavy atom. The van der Waals surface area contributed by atoms with E-state index in [4.69, 9.17) is 0 Å². The summed E-state index contributed by atoms with van der Waals surface area (Å²) in [5, 5.41) is 1.35. The van der Waals surface area contributed by atoms with E-state index in [-0.39, 0.29) is 0 Å². The number of rotatable bonds is 22. The van der Waals surface area contributed by atoms with Gasteiger partial charge in [-0.1, -0.05) is 97.8 Å². The summed E-state index contributed by atoms with van der Waals surface area (Å²) in [4.78, 5) is 0. The van der Waals surface area contributed by atoms with Gasteiger partial charge in [-0.2, -0.15) is 0 Å². The first-order chi connectivity index (χ1) is 13.2. The molecule has 0 bridgehead atoms. The molecule has 0 fully saturated rings. The summed E-state index contributed by atoms with van der Waals surface area (Å²) >= 11 is 4.00. The summed E-state index contributed by atoms with van der Waals surface area (Å²) in [6.45, 7) is 6.97. The lowest BCUT2D eigenvalue weighted by Gasteiger charge is -2.26. The number of unbranched alkanes of at least 4 members (excludes halogenated alkanes) is 15. The third-order valence-corrected chi connectivity index (χ3v) is 13.7. The van der Waals surface area contributed by atoms with Gasteiger partial charge >= 0.3 is 0 Å². The Morgan fingerprint density at radius 2 is 0.667 bits per heavy atom. The second-order valence-electron chi connectivity index (χ2n) is 8.94. The zero-order valence-corrected chi connectivity index (χ0v) is 21.9. The molecule has 27 heavy (non-hydrogen) atoms. The first-order valence-corrected chi connectivity index (χ1v) is 16.3. The van der Waals surface area contributed by atoms with E-state index < -0.39 is 7.26 Å². The standard InChI is InChI=1S/C25H53BrP/c1-4-7-10-13-16-19-22-27(25-26,23-20-17-14-11-8-5-2)24-21-18-15-12-9-6-3/h4-25H2,1-3H3/q+1. The van der Waals surface area contributed by atoms with Crippen LogP contribution in [-0.4, -0.2) is 23.6 Å². The predicted molar refractivity (Wildman–Crippen MR) is 135 cm³/mol. The lowest BCUT2D eigenvalue weighted by molar-refractivity contribution is 0.616. The number of hydrogen-bond acceptors (Lipinski definition) is 0. The van der Waals surface area contributed by atoms with E-state index in [9.17, 15) is 0 Å². The molecule has 0 saturated heterocycles. The highest BCUT2D eigenvalue weighted by Gasteiger charge is 2.34. The number of halogens is 1. The molecule has 0 aromatic rings. The summed E-state index contributed by atoms with van der Waals surface area (Å²) in [7, 11) is -0.727. The van der Waals surface area contributed by atoms with Gasteiger partial charge in [-0.3, -0.25) is 0 Å². The van der Waals surface area contributed by atoms with Crippen molar-refractivity contribution in [1.29, 1.82) is 0 Å². The maximum Gasteiger partial charge on any atom is 0.113 e. The van der Waals surface area contributed by atoms with Crippen LogP contribution < -0.4 is 0 Å². The Balaban J connectivity index is 4.23. The van der Waals surface area contributed by atoms with E-state index in [1.165, 1.54) is 121 Å². The molecule has 0 spiro atoms. The highest BCUT2D eigenvalue weighted by molar-refractivity contribution is 9.10. The zero-order valence-electron chi connectivity index (χ0n) is 19.4. The second-order valence-corrected chi connectivity index (χ2v) is 14.7. The van der Waals surface area contributed by atoms with Crippen LogP contribution in [-0.2, 0) is 0 Å². The monoisotopic (exact) mass is 463 g/mol. The van der Waals surface area contributed by atoms with Crippen molar-refractivity contribution in [2.75, 3.05) is 23.6 Å². The topological polar surface area (TPSA) is 0 Å². The van der Waals surface area contributed by atoms with E-state index >= 15 is 0 Å². The largest absolute Gasteiger partial charge is 0.113 e. The van der Waals surface area contributed by atoms with Gasteiger partial charge in [-0.05, 0) is 54.5 Å². The number of alkyl halides is 1. The van der Waals surface area contributed by atoms with Crippen molar-refractivity contribution < 1.29 is 0 Å². The summed E-state index contributed by atoms with van der Waals surface area (Å²) in [5.74, 6) is 0. The van der Waals surface area contributed by atoms with Crippen molar-refractivity contribution in [1.82, 2.24) is 0 Å². The quantitative estimate of drug-likeness (QED) is 0.0849. The molecule has 0 nitrogen and oxygen atoms in total. The fourth-order valence-electron chi connectivity index (χ4n) is 4.20. The molecule has 0 unspecified atom stereocenters. The average Bonchev–Trinajstić information content (AvgIpc) is 2.69. The molecule has 0 amide bonds. The molecule has 0 atom stereocenters. The molecule has 0 aromatic heterocycles. The molecule has 0 aliphatic heterocycles. The van der Waals surface area contributed by atoms with Crippen LogP contribution in [0.1, 0.15) is 136 Å². The molecule has 0 rings (SSSR count). The summed E-state index contributed by atoms with van der Waals surface area (Å²) in [6.07, 6.45) is 31.0. The predicted octanol–water partition coefficient (Wildman–Crippen LogP) is 10.4. The van der Waals surface area contributed by atoms with Gasteiger partial charge in [-0.15, -0.1) is 0 Å². The van der Waals surface area contributed by atoms with Crippen molar-refractivity contribution in [2.45, 2.75) is 136 Å². The molecule has 2 heteroatoms. The van der Waals surface area contributed by atoms with Crippen molar-refractivity contribution in [3.63, 3.8) is 0 Å². The molecule has 0 aromatic carbocycles. The molecule has 164 valence electrons. The van der Waals surface area contributed by atoms with E-state index in [0.29, 0.717) is 0 Å². The van der Waals surface area contributed by atoms with Gasteiger partial charge in [0.05, 0.1) is 18.5 Å². The van der Waals surface area contributed by atoms with E-state index in [0.717, 1.165) is 0 Å². The zero-order chi connectivity index (χ0) is 20.1. The molecule has 0 radical (unpaired) electrons. The maximum atomic E-state index is 4.00. The Morgan fingerprint density at radius 1 is 0.407 bits per heavy atom. The van der Waals surface area contributed by atoms with Gasteiger partial charge in [0.1, 0.15) is 5.07 Å². The van der Waals surface area contributed by atoms with Gasteiger partial charge in [0, 0.05) is 7.26 Å². The van der Waals surface area contributed by atoms with E-state index in [2.05, 4.69) is 36.7 Å². The van der Waals surface area contributed by atoms with Crippen LogP contribution in [0, 0.1) is 0 Å². The summed E-state index contributed by atoms with van der Waals surface area (Å²) in [5.41, 5.74) is 0. The Bertz CT molecular complexity index is 239. The van der Waals surface area contributed by atoms with Crippen molar-refractivity contribution >= 4 is 23.2 Å². The number of hydrogen-bond donors (Lipinski definition) is 0. The maximum absolute atomic E-state index is 4.00. The van der Waals surface area contributed by atoms with Gasteiger partial charge in [0.15, 0.2) is 0 Å². The first-order valence-electron chi connectivity index (χ1n) is 12.7. The van der Waals surface area contributed by atoms with Crippen LogP contribution in [0.3, 0.4) is 0 Å². The molecular weight excluding hydrogens is 411 g/mol. The van der Waals surface area contributed by atoms with Crippen molar-refractivity contribution in [2.24, 2.45) is 0 Å². The van der Waals surface area contributed by atoms with Gasteiger partial charge in [0.2, 0.25) is 0 Å². The van der Waals surface area contributed by atoms with Crippen LogP contribution in [0.2, 0.25) is 0 Å². The van der Waals surface area contributed by atoms with E-state index in [1.54, 1.807) is 18.5 Å². The molecule has 0 aliphatic rings. The second kappa shape index (κ2) is 21.6. The highest BCUT2D eigenvalue weighted by Crippen LogP contribution is 2.62. The van der Waals surface area contributed by atoms with Crippen LogP contribution >= 0.6 is 23.2 Å². The Hall–Kier alpha value is 0.910. The van der Waals surface area contributed by atoms with Crippen LogP contribution in [0.5, 0.6) is 0 Å². The van der Waals surface area contributed by atoms with Crippen LogP contribution in [0.15, 0.2) is 0 Å². The third kappa shape index (κ3) is 17.5. The first kappa shape index (κ1) is 27.9. The molecule has 0 aliphatic carbocycles. The fourth-order valence-corrected chi connectivity index (χ4v) is 10.2. The lowest BCUT2D eigenvalue weighted by atomic mass is 10.1. The van der Waals surface area contributed by atoms with Gasteiger partial charge in [0.25, 0.3) is 0 Å². The van der Waals surface area contributed by atoms with Gasteiger partial charge < -0.3 is 0 Å². The van der Waals surface area contributed by atoms with Gasteiger partial charge in [-0.25, -0.2) is 0 Å². The highest BCUT2D eigenvalue weighted by atomic mass is 79.9. The van der Waals surface area contributed by atoms with E-state index in [1.807, 2.05) is 0 Å². The summed E-state index contributed by atoms with van der Waals surface area (Å²) < 4.78 is 0. The lowest BCUT2D eigenvalue weighted by Crippen LogP contribution is -2.10. The minimum atomic E-state index is -0.727.